The minimum absolute atomic E-state index is 0.0496. The van der Waals surface area contributed by atoms with Gasteiger partial charge in [0.2, 0.25) is 5.08 Å². The highest BCUT2D eigenvalue weighted by Crippen LogP contribution is 2.45. The lowest BCUT2D eigenvalue weighted by Gasteiger charge is -2.19. The lowest BCUT2D eigenvalue weighted by atomic mass is 10.1. The number of alkyl halides is 9. The minimum Gasteiger partial charge on any atom is -0.381 e. The summed E-state index contributed by atoms with van der Waals surface area (Å²) in [5.41, 5.74) is -6.43. The number of hydrogen-bond acceptors (Lipinski definition) is 6. The Labute approximate surface area is 186 Å². The molecule has 6 nitrogen and oxygen atoms in total. The third-order valence-electron chi connectivity index (χ3n) is 3.85. The molecule has 0 radical (unpaired) electrons. The molecule has 0 bridgehead atoms. The van der Waals surface area contributed by atoms with Gasteiger partial charge in [-0.1, -0.05) is 18.2 Å². The molecular weight excluding hydrogens is 535 g/mol. The molecule has 190 valence electrons. The molecule has 0 spiro atoms. The summed E-state index contributed by atoms with van der Waals surface area (Å²) in [6.07, 6.45) is -16.3. The molecule has 2 aromatic rings. The Balaban J connectivity index is 2.49. The second kappa shape index (κ2) is 8.83. The Morgan fingerprint density at radius 2 is 0.941 bits per heavy atom. The first-order valence-corrected chi connectivity index (χ1v) is 11.6. The van der Waals surface area contributed by atoms with Crippen molar-refractivity contribution in [3.8, 4) is 11.5 Å². The molecule has 0 heterocycles. The Kier molecular flexibility index (Phi) is 7.15. The molecule has 0 atom stereocenters. The first-order valence-electron chi connectivity index (χ1n) is 8.42. The number of para-hydroxylation sites is 2. The van der Waals surface area contributed by atoms with E-state index in [0.29, 0.717) is 12.1 Å². The molecule has 0 fully saturated rings. The van der Waals surface area contributed by atoms with E-state index in [0.717, 1.165) is 19.1 Å². The highest BCUT2D eigenvalue weighted by molar-refractivity contribution is 8.04. The first kappa shape index (κ1) is 27.6. The zero-order valence-electron chi connectivity index (χ0n) is 16.3. The maximum Gasteiger partial charge on any atom is 0.420 e. The predicted octanol–water partition coefficient (Wildman–Crippen LogP) is 5.13. The van der Waals surface area contributed by atoms with Gasteiger partial charge in [-0.2, -0.15) is 56.3 Å². The molecule has 2 rings (SSSR count). The van der Waals surface area contributed by atoms with Gasteiger partial charge in [0.05, 0.1) is 16.7 Å². The van der Waals surface area contributed by atoms with Gasteiger partial charge in [0.25, 0.3) is 0 Å². The average molecular weight is 546 g/mol. The van der Waals surface area contributed by atoms with E-state index < -0.39 is 77.6 Å². The highest BCUT2D eigenvalue weighted by Gasteiger charge is 2.44. The normalized spacial score (nSPS) is 13.6. The predicted molar refractivity (Wildman–Crippen MR) is 96.6 cm³/mol. The van der Waals surface area contributed by atoms with Crippen molar-refractivity contribution in [2.24, 2.45) is 0 Å². The van der Waals surface area contributed by atoms with Gasteiger partial charge in [0, 0.05) is 0 Å². The lowest BCUT2D eigenvalue weighted by Crippen LogP contribution is -2.27. The van der Waals surface area contributed by atoms with Crippen LogP contribution in [0.15, 0.2) is 36.4 Å². The molecule has 0 unspecified atom stereocenters. The number of benzene rings is 2. The van der Waals surface area contributed by atoms with Crippen molar-refractivity contribution in [2.45, 2.75) is 25.5 Å². The molecule has 0 N–H and O–H groups in total. The van der Waals surface area contributed by atoms with Gasteiger partial charge in [-0.15, -0.1) is 0 Å². The van der Waals surface area contributed by atoms with E-state index in [4.69, 9.17) is 0 Å². The minimum atomic E-state index is -5.83. The molecular formula is C17H11F9O6S2. The van der Waals surface area contributed by atoms with Crippen molar-refractivity contribution >= 4 is 20.2 Å². The summed E-state index contributed by atoms with van der Waals surface area (Å²) in [6.45, 7) is 0.972. The van der Waals surface area contributed by atoms with Gasteiger partial charge in [-0.3, -0.25) is 0 Å². The molecule has 34 heavy (non-hydrogen) atoms. The molecule has 0 saturated heterocycles. The number of hydrogen-bond donors (Lipinski definition) is 0. The zero-order valence-corrected chi connectivity index (χ0v) is 18.0. The fraction of sp³-hybridized carbons (Fsp3) is 0.294. The molecule has 0 aliphatic carbocycles. The van der Waals surface area contributed by atoms with Crippen molar-refractivity contribution in [3.05, 3.63) is 58.7 Å². The van der Waals surface area contributed by atoms with E-state index >= 15 is 0 Å². The quantitative estimate of drug-likeness (QED) is 0.369. The van der Waals surface area contributed by atoms with Gasteiger partial charge in [-0.25, -0.2) is 0 Å². The SMILES string of the molecule is Cc1cccc(C(F)(F)F)c1OS(=O)(=O)CS(=O)(=O)Oc1c(C(F)(F)F)cccc1C(F)(F)F. The van der Waals surface area contributed by atoms with E-state index in [1.165, 1.54) is 0 Å². The van der Waals surface area contributed by atoms with Gasteiger partial charge in [0.1, 0.15) is 0 Å². The summed E-state index contributed by atoms with van der Waals surface area (Å²) in [5, 5.41) is -2.41. The van der Waals surface area contributed by atoms with Crippen LogP contribution in [0.25, 0.3) is 0 Å². The standard InChI is InChI=1S/C17H11F9O6S2/c1-9-4-2-5-10(15(18,19)20)13(9)31-33(27,28)8-34(29,30)32-14-11(16(21,22)23)6-3-7-12(14)17(24,25)26/h2-7H,8H2,1H3. The zero-order chi connectivity index (χ0) is 26.3. The lowest BCUT2D eigenvalue weighted by molar-refractivity contribution is -0.144. The van der Waals surface area contributed by atoms with Gasteiger partial charge < -0.3 is 8.37 Å². The van der Waals surface area contributed by atoms with Crippen LogP contribution >= 0.6 is 0 Å². The van der Waals surface area contributed by atoms with Gasteiger partial charge >= 0.3 is 38.8 Å². The van der Waals surface area contributed by atoms with Crippen LogP contribution in [-0.2, 0) is 38.8 Å². The molecule has 0 aliphatic rings. The van der Waals surface area contributed by atoms with E-state index in [-0.39, 0.29) is 12.1 Å². The summed E-state index contributed by atoms with van der Waals surface area (Å²) in [6, 6.07) is 2.66. The third-order valence-corrected chi connectivity index (χ3v) is 7.00. The largest absolute Gasteiger partial charge is 0.420 e. The van der Waals surface area contributed by atoms with Crippen LogP contribution in [-0.4, -0.2) is 21.9 Å². The van der Waals surface area contributed by atoms with Crippen LogP contribution in [0, 0.1) is 6.92 Å². The number of rotatable bonds is 6. The Morgan fingerprint density at radius 1 is 0.618 bits per heavy atom. The molecule has 0 amide bonds. The third kappa shape index (κ3) is 6.68. The van der Waals surface area contributed by atoms with E-state index in [1.54, 1.807) is 0 Å². The summed E-state index contributed by atoms with van der Waals surface area (Å²) in [5.74, 6) is -3.60. The topological polar surface area (TPSA) is 86.7 Å². The van der Waals surface area contributed by atoms with Crippen molar-refractivity contribution < 1.29 is 64.7 Å². The maximum absolute atomic E-state index is 13.1. The van der Waals surface area contributed by atoms with Crippen LogP contribution in [0.4, 0.5) is 39.5 Å². The smallest absolute Gasteiger partial charge is 0.381 e. The van der Waals surface area contributed by atoms with Crippen molar-refractivity contribution in [1.29, 1.82) is 0 Å². The Morgan fingerprint density at radius 3 is 1.32 bits per heavy atom. The monoisotopic (exact) mass is 546 g/mol. The fourth-order valence-corrected chi connectivity index (χ4v) is 5.25. The Hall–Kier alpha value is -2.69. The Bertz CT molecular complexity index is 1250. The van der Waals surface area contributed by atoms with E-state index in [1.807, 2.05) is 0 Å². The fourth-order valence-electron chi connectivity index (χ4n) is 2.54. The van der Waals surface area contributed by atoms with Gasteiger partial charge in [0.15, 0.2) is 11.5 Å². The van der Waals surface area contributed by atoms with Crippen molar-refractivity contribution in [3.63, 3.8) is 0 Å². The molecule has 0 aromatic heterocycles. The summed E-state index contributed by atoms with van der Waals surface area (Å²) < 4.78 is 175. The van der Waals surface area contributed by atoms with Crippen LogP contribution in [0.2, 0.25) is 0 Å². The maximum atomic E-state index is 13.1. The number of aryl methyl sites for hydroxylation is 1. The second-order valence-electron chi connectivity index (χ2n) is 6.53. The highest BCUT2D eigenvalue weighted by atomic mass is 32.3. The molecule has 0 saturated carbocycles. The van der Waals surface area contributed by atoms with Gasteiger partial charge in [-0.05, 0) is 30.7 Å². The number of halogens is 9. The summed E-state index contributed by atoms with van der Waals surface area (Å²) >= 11 is 0. The summed E-state index contributed by atoms with van der Waals surface area (Å²) in [4.78, 5) is 0. The van der Waals surface area contributed by atoms with Crippen LogP contribution < -0.4 is 8.37 Å². The average Bonchev–Trinajstić information content (AvgIpc) is 2.59. The van der Waals surface area contributed by atoms with E-state index in [9.17, 15) is 56.3 Å². The van der Waals surface area contributed by atoms with Crippen LogP contribution in [0.1, 0.15) is 22.3 Å². The first-order chi connectivity index (χ1) is 15.1. The van der Waals surface area contributed by atoms with Crippen molar-refractivity contribution in [2.75, 3.05) is 5.08 Å². The van der Waals surface area contributed by atoms with Crippen LogP contribution in [0.3, 0.4) is 0 Å². The molecule has 17 heteroatoms. The van der Waals surface area contributed by atoms with Crippen LogP contribution in [0.5, 0.6) is 11.5 Å². The molecule has 2 aromatic carbocycles. The van der Waals surface area contributed by atoms with Crippen molar-refractivity contribution in [1.82, 2.24) is 0 Å². The summed E-state index contributed by atoms with van der Waals surface area (Å²) in [7, 11) is -11.4. The van der Waals surface area contributed by atoms with E-state index in [2.05, 4.69) is 8.37 Å². The molecule has 0 aliphatic heterocycles. The second-order valence-corrected chi connectivity index (χ2v) is 10.0.